The number of phenols is 1. The zero-order valence-corrected chi connectivity index (χ0v) is 18.2. The van der Waals surface area contributed by atoms with Crippen molar-refractivity contribution in [3.63, 3.8) is 0 Å². The molecule has 30 heavy (non-hydrogen) atoms. The molecule has 2 aromatic rings. The van der Waals surface area contributed by atoms with Crippen LogP contribution in [-0.4, -0.2) is 47.4 Å². The maximum absolute atomic E-state index is 12.7. The molecule has 6 nitrogen and oxygen atoms in total. The molecule has 0 aromatic heterocycles. The molecular weight excluding hydrogens is 400 g/mol. The van der Waals surface area contributed by atoms with Crippen LogP contribution in [0.4, 0.5) is 10.5 Å². The van der Waals surface area contributed by atoms with Gasteiger partial charge in [-0.05, 0) is 62.9 Å². The van der Waals surface area contributed by atoms with Gasteiger partial charge in [-0.1, -0.05) is 17.7 Å². The molecule has 2 aromatic carbocycles. The van der Waals surface area contributed by atoms with Crippen LogP contribution >= 0.6 is 11.8 Å². The second-order valence-corrected chi connectivity index (χ2v) is 7.90. The lowest BCUT2D eigenvalue weighted by atomic mass is 10.1. The number of imide groups is 1. The van der Waals surface area contributed by atoms with Gasteiger partial charge in [-0.25, -0.2) is 0 Å². The molecule has 2 amide bonds. The smallest absolute Gasteiger partial charge is 0.293 e. The van der Waals surface area contributed by atoms with Gasteiger partial charge in [0, 0.05) is 30.4 Å². The van der Waals surface area contributed by atoms with Crippen molar-refractivity contribution in [2.24, 2.45) is 0 Å². The van der Waals surface area contributed by atoms with Gasteiger partial charge in [0.15, 0.2) is 0 Å². The Hall–Kier alpha value is -2.93. The third-order valence-corrected chi connectivity index (χ3v) is 5.81. The maximum Gasteiger partial charge on any atom is 0.293 e. The minimum absolute atomic E-state index is 0.0777. The van der Waals surface area contributed by atoms with Crippen LogP contribution < -0.4 is 9.64 Å². The molecule has 0 unspecified atom stereocenters. The van der Waals surface area contributed by atoms with E-state index in [1.807, 2.05) is 51.1 Å². The highest BCUT2D eigenvalue weighted by Gasteiger charge is 2.35. The van der Waals surface area contributed by atoms with E-state index >= 15 is 0 Å². The van der Waals surface area contributed by atoms with Crippen LogP contribution in [0, 0.1) is 6.92 Å². The van der Waals surface area contributed by atoms with Crippen molar-refractivity contribution in [3.8, 4) is 11.5 Å². The monoisotopic (exact) mass is 426 g/mol. The molecule has 1 aliphatic rings. The van der Waals surface area contributed by atoms with E-state index in [0.29, 0.717) is 16.2 Å². The highest BCUT2D eigenvalue weighted by atomic mass is 32.2. The number of anilines is 1. The van der Waals surface area contributed by atoms with E-state index in [1.165, 1.54) is 4.90 Å². The SMILES string of the molecule is CCN(CC)c1ccc(/C=C2\SC(=O)N(CCOc3ccc(C)cc3)C2=O)c(O)c1. The van der Waals surface area contributed by atoms with Gasteiger partial charge in [-0.2, -0.15) is 0 Å². The second-order valence-electron chi connectivity index (χ2n) is 6.91. The highest BCUT2D eigenvalue weighted by Crippen LogP contribution is 2.34. The number of carbonyl (C=O) groups excluding carboxylic acids is 2. The van der Waals surface area contributed by atoms with Crippen molar-refractivity contribution in [1.82, 2.24) is 4.90 Å². The Labute approximate surface area is 181 Å². The van der Waals surface area contributed by atoms with Crippen LogP contribution in [0.2, 0.25) is 0 Å². The summed E-state index contributed by atoms with van der Waals surface area (Å²) >= 11 is 0.875. The van der Waals surface area contributed by atoms with Gasteiger partial charge in [-0.15, -0.1) is 0 Å². The van der Waals surface area contributed by atoms with Crippen molar-refractivity contribution in [2.75, 3.05) is 31.1 Å². The van der Waals surface area contributed by atoms with Crippen molar-refractivity contribution in [2.45, 2.75) is 20.8 Å². The number of aromatic hydroxyl groups is 1. The number of ether oxygens (including phenoxy) is 1. The maximum atomic E-state index is 12.7. The number of nitrogens with zero attached hydrogens (tertiary/aromatic N) is 2. The summed E-state index contributed by atoms with van der Waals surface area (Å²) in [7, 11) is 0. The first-order valence-electron chi connectivity index (χ1n) is 9.95. The van der Waals surface area contributed by atoms with Crippen molar-refractivity contribution >= 4 is 34.7 Å². The summed E-state index contributed by atoms with van der Waals surface area (Å²) in [5.41, 5.74) is 2.55. The molecule has 0 radical (unpaired) electrons. The molecule has 158 valence electrons. The standard InChI is InChI=1S/C23H26N2O4S/c1-4-24(5-2)18-9-8-17(20(26)15-18)14-21-22(27)25(23(28)30-21)12-13-29-19-10-6-16(3)7-11-19/h6-11,14-15,26H,4-5,12-13H2,1-3H3/b21-14-. The summed E-state index contributed by atoms with van der Waals surface area (Å²) in [6.07, 6.45) is 1.56. The summed E-state index contributed by atoms with van der Waals surface area (Å²) in [4.78, 5) is 28.5. The predicted molar refractivity (Wildman–Crippen MR) is 121 cm³/mol. The van der Waals surface area contributed by atoms with E-state index in [4.69, 9.17) is 4.74 Å². The Kier molecular flexibility index (Phi) is 7.05. The first-order valence-corrected chi connectivity index (χ1v) is 10.8. The fourth-order valence-electron chi connectivity index (χ4n) is 3.16. The Morgan fingerprint density at radius 1 is 1.10 bits per heavy atom. The quantitative estimate of drug-likeness (QED) is 0.619. The molecule has 3 rings (SSSR count). The second kappa shape index (κ2) is 9.71. The van der Waals surface area contributed by atoms with E-state index in [2.05, 4.69) is 4.90 Å². The molecule has 0 spiro atoms. The van der Waals surface area contributed by atoms with Gasteiger partial charge < -0.3 is 14.7 Å². The first kappa shape index (κ1) is 21.8. The first-order chi connectivity index (χ1) is 14.4. The number of rotatable bonds is 8. The fourth-order valence-corrected chi connectivity index (χ4v) is 4.02. The third-order valence-electron chi connectivity index (χ3n) is 4.91. The van der Waals surface area contributed by atoms with Crippen molar-refractivity contribution in [1.29, 1.82) is 0 Å². The van der Waals surface area contributed by atoms with Crippen LogP contribution in [0.25, 0.3) is 6.08 Å². The average Bonchev–Trinajstić information content (AvgIpc) is 2.99. The topological polar surface area (TPSA) is 70.1 Å². The Balaban J connectivity index is 1.66. The average molecular weight is 427 g/mol. The lowest BCUT2D eigenvalue weighted by Crippen LogP contribution is -2.32. The van der Waals surface area contributed by atoms with Gasteiger partial charge in [0.05, 0.1) is 11.4 Å². The molecule has 0 aliphatic carbocycles. The molecule has 0 atom stereocenters. The van der Waals surface area contributed by atoms with Crippen molar-refractivity contribution in [3.05, 3.63) is 58.5 Å². The Morgan fingerprint density at radius 3 is 2.43 bits per heavy atom. The van der Waals surface area contributed by atoms with E-state index in [-0.39, 0.29) is 30.0 Å². The van der Waals surface area contributed by atoms with Gasteiger partial charge in [0.1, 0.15) is 18.1 Å². The van der Waals surface area contributed by atoms with E-state index in [0.717, 1.165) is 36.1 Å². The number of hydrogen-bond donors (Lipinski definition) is 1. The summed E-state index contributed by atoms with van der Waals surface area (Å²) in [6, 6.07) is 12.9. The van der Waals surface area contributed by atoms with Crippen LogP contribution in [0.15, 0.2) is 47.4 Å². The van der Waals surface area contributed by atoms with E-state index < -0.39 is 0 Å². The fraction of sp³-hybridized carbons (Fsp3) is 0.304. The lowest BCUT2D eigenvalue weighted by molar-refractivity contribution is -0.123. The summed E-state index contributed by atoms with van der Waals surface area (Å²) < 4.78 is 5.63. The number of amides is 2. The molecule has 0 saturated carbocycles. The van der Waals surface area contributed by atoms with Crippen LogP contribution in [-0.2, 0) is 4.79 Å². The number of hydrogen-bond acceptors (Lipinski definition) is 6. The zero-order valence-electron chi connectivity index (χ0n) is 17.4. The molecule has 0 bridgehead atoms. The minimum Gasteiger partial charge on any atom is -0.507 e. The molecule has 1 heterocycles. The molecule has 1 N–H and O–H groups in total. The normalized spacial score (nSPS) is 15.2. The van der Waals surface area contributed by atoms with Gasteiger partial charge in [0.25, 0.3) is 11.1 Å². The van der Waals surface area contributed by atoms with Gasteiger partial charge in [0.2, 0.25) is 0 Å². The lowest BCUT2D eigenvalue weighted by Gasteiger charge is -2.21. The molecule has 7 heteroatoms. The van der Waals surface area contributed by atoms with Gasteiger partial charge >= 0.3 is 0 Å². The number of benzene rings is 2. The van der Waals surface area contributed by atoms with E-state index in [9.17, 15) is 14.7 Å². The number of aryl methyl sites for hydroxylation is 1. The molecule has 1 saturated heterocycles. The van der Waals surface area contributed by atoms with Crippen LogP contribution in [0.1, 0.15) is 25.0 Å². The zero-order chi connectivity index (χ0) is 21.7. The number of phenolic OH excluding ortho intramolecular Hbond substituents is 1. The summed E-state index contributed by atoms with van der Waals surface area (Å²) in [6.45, 7) is 8.14. The summed E-state index contributed by atoms with van der Waals surface area (Å²) in [5, 5.41) is 10.1. The number of carbonyl (C=O) groups is 2. The Morgan fingerprint density at radius 2 is 1.80 bits per heavy atom. The van der Waals surface area contributed by atoms with Crippen molar-refractivity contribution < 1.29 is 19.4 Å². The molecule has 1 aliphatic heterocycles. The van der Waals surface area contributed by atoms with E-state index in [1.54, 1.807) is 18.2 Å². The van der Waals surface area contributed by atoms with Crippen LogP contribution in [0.3, 0.4) is 0 Å². The summed E-state index contributed by atoms with van der Waals surface area (Å²) in [5.74, 6) is 0.403. The Bertz CT molecular complexity index is 952. The largest absolute Gasteiger partial charge is 0.507 e. The predicted octanol–water partition coefficient (Wildman–Crippen LogP) is 4.66. The molecular formula is C23H26N2O4S. The molecule has 1 fully saturated rings. The minimum atomic E-state index is -0.371. The third kappa shape index (κ3) is 4.97. The number of thioether (sulfide) groups is 1. The van der Waals surface area contributed by atoms with Crippen LogP contribution in [0.5, 0.6) is 11.5 Å². The van der Waals surface area contributed by atoms with Gasteiger partial charge in [-0.3, -0.25) is 14.5 Å². The highest BCUT2D eigenvalue weighted by molar-refractivity contribution is 8.18.